The number of carbonyl (C=O) groups is 1. The van der Waals surface area contributed by atoms with Gasteiger partial charge in [0.2, 0.25) is 0 Å². The average Bonchev–Trinajstić information content (AvgIpc) is 3.47. The summed E-state index contributed by atoms with van der Waals surface area (Å²) >= 11 is 0. The number of pyridine rings is 1. The molecule has 0 fully saturated rings. The highest BCUT2D eigenvalue weighted by Crippen LogP contribution is 2.38. The van der Waals surface area contributed by atoms with Gasteiger partial charge in [0.25, 0.3) is 5.91 Å². The molecule has 2 N–H and O–H groups in total. The number of aromatic nitrogens is 5. The van der Waals surface area contributed by atoms with Crippen LogP contribution in [-0.4, -0.2) is 35.6 Å². The molecule has 0 unspecified atom stereocenters. The van der Waals surface area contributed by atoms with Crippen molar-refractivity contribution in [3.63, 3.8) is 0 Å². The minimum Gasteiger partial charge on any atom is -0.390 e. The van der Waals surface area contributed by atoms with Gasteiger partial charge >= 0.3 is 6.18 Å². The molecule has 0 atom stereocenters. The molecule has 8 nitrogen and oxygen atoms in total. The van der Waals surface area contributed by atoms with Gasteiger partial charge in [0.15, 0.2) is 0 Å². The van der Waals surface area contributed by atoms with Crippen LogP contribution in [0.1, 0.15) is 21.6 Å². The van der Waals surface area contributed by atoms with E-state index in [4.69, 9.17) is 0 Å². The third kappa shape index (κ3) is 4.54. The Morgan fingerprint density at radius 3 is 2.49 bits per heavy atom. The molecular weight excluding hydrogens is 492 g/mol. The molecule has 0 spiro atoms. The number of para-hydroxylation sites is 1. The summed E-state index contributed by atoms with van der Waals surface area (Å²) in [5.74, 6) is -2.22. The summed E-state index contributed by atoms with van der Waals surface area (Å²) in [7, 11) is 1.53. The Balaban J connectivity index is 1.64. The molecule has 3 heterocycles. The van der Waals surface area contributed by atoms with Crippen LogP contribution in [-0.2, 0) is 19.8 Å². The summed E-state index contributed by atoms with van der Waals surface area (Å²) in [6, 6.07) is 12.7. The van der Waals surface area contributed by atoms with Gasteiger partial charge in [0.05, 0.1) is 41.0 Å². The molecular formula is C25H18F4N6O2. The van der Waals surface area contributed by atoms with Crippen LogP contribution in [0.3, 0.4) is 0 Å². The predicted molar refractivity (Wildman–Crippen MR) is 126 cm³/mol. The average molecular weight is 510 g/mol. The number of aryl methyl sites for hydroxylation is 1. The number of aliphatic hydroxyl groups excluding tert-OH is 1. The Kier molecular flexibility index (Phi) is 5.96. The summed E-state index contributed by atoms with van der Waals surface area (Å²) < 4.78 is 58.8. The molecule has 1 amide bonds. The highest BCUT2D eigenvalue weighted by atomic mass is 19.4. The number of nitrogens with zero attached hydrogens (tertiary/aromatic N) is 5. The number of hydrogen-bond donors (Lipinski definition) is 2. The molecule has 0 aliphatic carbocycles. The largest absolute Gasteiger partial charge is 0.417 e. The monoisotopic (exact) mass is 510 g/mol. The number of alkyl halides is 3. The third-order valence-electron chi connectivity index (χ3n) is 5.66. The number of carbonyl (C=O) groups excluding carboxylic acids is 1. The third-order valence-corrected chi connectivity index (χ3v) is 5.66. The second-order valence-electron chi connectivity index (χ2n) is 8.15. The maximum absolute atomic E-state index is 15.0. The van der Waals surface area contributed by atoms with Crippen molar-refractivity contribution >= 4 is 22.6 Å². The first-order valence-corrected chi connectivity index (χ1v) is 10.9. The summed E-state index contributed by atoms with van der Waals surface area (Å²) in [6.45, 7) is -0.374. The van der Waals surface area contributed by atoms with Crippen molar-refractivity contribution in [1.29, 1.82) is 0 Å². The summed E-state index contributed by atoms with van der Waals surface area (Å²) in [4.78, 5) is 17.4. The van der Waals surface area contributed by atoms with Crippen LogP contribution in [0, 0.1) is 5.82 Å². The van der Waals surface area contributed by atoms with E-state index in [1.165, 1.54) is 40.9 Å². The van der Waals surface area contributed by atoms with Crippen molar-refractivity contribution in [2.24, 2.45) is 7.05 Å². The zero-order valence-corrected chi connectivity index (χ0v) is 19.2. The lowest BCUT2D eigenvalue weighted by Crippen LogP contribution is -2.18. The molecule has 5 aromatic rings. The lowest BCUT2D eigenvalue weighted by molar-refractivity contribution is -0.137. The molecule has 2 aromatic carbocycles. The minimum atomic E-state index is -4.88. The standard InChI is InChI=1S/C25H18F4N6O2/c1-34-8-7-21(32-34)16-10-17(20(26)11-19(16)25(27,28)29)24(37)31-23-18-9-14(13-36)30-12-22(18)33-35(23)15-5-3-2-4-6-15/h2-12,36H,13H2,1H3,(H,31,37). The highest BCUT2D eigenvalue weighted by molar-refractivity contribution is 6.09. The molecule has 3 aromatic heterocycles. The first-order valence-electron chi connectivity index (χ1n) is 10.9. The maximum Gasteiger partial charge on any atom is 0.417 e. The highest BCUT2D eigenvalue weighted by Gasteiger charge is 2.36. The lowest BCUT2D eigenvalue weighted by Gasteiger charge is -2.15. The van der Waals surface area contributed by atoms with Crippen molar-refractivity contribution < 1.29 is 27.5 Å². The van der Waals surface area contributed by atoms with Crippen molar-refractivity contribution in [1.82, 2.24) is 24.5 Å². The van der Waals surface area contributed by atoms with Crippen molar-refractivity contribution in [3.8, 4) is 16.9 Å². The Morgan fingerprint density at radius 1 is 1.08 bits per heavy atom. The fourth-order valence-corrected chi connectivity index (χ4v) is 3.92. The van der Waals surface area contributed by atoms with Gasteiger partial charge in [-0.2, -0.15) is 23.4 Å². The number of hydrogen-bond acceptors (Lipinski definition) is 5. The topological polar surface area (TPSA) is 97.9 Å². The summed E-state index contributed by atoms with van der Waals surface area (Å²) in [5, 5.41) is 20.9. The molecule has 0 bridgehead atoms. The number of aliphatic hydroxyl groups is 1. The summed E-state index contributed by atoms with van der Waals surface area (Å²) in [5.41, 5.74) is -1.14. The zero-order valence-electron chi connectivity index (χ0n) is 19.2. The lowest BCUT2D eigenvalue weighted by atomic mass is 9.99. The Bertz CT molecular complexity index is 1630. The van der Waals surface area contributed by atoms with Crippen LogP contribution in [0.4, 0.5) is 23.4 Å². The fraction of sp³-hybridized carbons (Fsp3) is 0.120. The van der Waals surface area contributed by atoms with E-state index < -0.39 is 34.6 Å². The molecule has 0 aliphatic heterocycles. The molecule has 188 valence electrons. The normalized spacial score (nSPS) is 11.7. The predicted octanol–water partition coefficient (Wildman–Crippen LogP) is 4.72. The van der Waals surface area contributed by atoms with Crippen LogP contribution in [0.5, 0.6) is 0 Å². The van der Waals surface area contributed by atoms with Crippen molar-refractivity contribution in [3.05, 3.63) is 89.6 Å². The van der Waals surface area contributed by atoms with Gasteiger partial charge in [0, 0.05) is 24.2 Å². The van der Waals surface area contributed by atoms with E-state index in [-0.39, 0.29) is 18.1 Å². The number of nitrogens with one attached hydrogen (secondary N) is 1. The van der Waals surface area contributed by atoms with Gasteiger partial charge in [-0.1, -0.05) is 18.2 Å². The number of benzene rings is 2. The first-order chi connectivity index (χ1) is 17.7. The number of fused-ring (bicyclic) bond motifs is 1. The molecule has 0 aliphatic rings. The Morgan fingerprint density at radius 2 is 1.84 bits per heavy atom. The Labute approximate surface area is 206 Å². The van der Waals surface area contributed by atoms with E-state index in [0.29, 0.717) is 28.4 Å². The maximum atomic E-state index is 15.0. The van der Waals surface area contributed by atoms with Gasteiger partial charge in [-0.15, -0.1) is 0 Å². The van der Waals surface area contributed by atoms with E-state index in [2.05, 4.69) is 20.5 Å². The smallest absolute Gasteiger partial charge is 0.390 e. The van der Waals surface area contributed by atoms with E-state index in [1.54, 1.807) is 30.3 Å². The van der Waals surface area contributed by atoms with Gasteiger partial charge in [-0.05, 0) is 36.4 Å². The van der Waals surface area contributed by atoms with E-state index in [0.717, 1.165) is 6.07 Å². The van der Waals surface area contributed by atoms with Crippen molar-refractivity contribution in [2.75, 3.05) is 5.32 Å². The van der Waals surface area contributed by atoms with Crippen molar-refractivity contribution in [2.45, 2.75) is 12.8 Å². The van der Waals surface area contributed by atoms with E-state index >= 15 is 0 Å². The minimum absolute atomic E-state index is 0.0673. The summed E-state index contributed by atoms with van der Waals surface area (Å²) in [6.07, 6.45) is -2.03. The molecule has 12 heteroatoms. The van der Waals surface area contributed by atoms with Gasteiger partial charge in [0.1, 0.15) is 17.2 Å². The molecule has 0 saturated carbocycles. The van der Waals surface area contributed by atoms with Gasteiger partial charge in [-0.3, -0.25) is 14.5 Å². The van der Waals surface area contributed by atoms with Gasteiger partial charge in [-0.25, -0.2) is 9.07 Å². The van der Waals surface area contributed by atoms with Crippen LogP contribution in [0.2, 0.25) is 0 Å². The first kappa shape index (κ1) is 24.1. The van der Waals surface area contributed by atoms with Crippen LogP contribution in [0.15, 0.2) is 67.0 Å². The quantitative estimate of drug-likeness (QED) is 0.334. The number of halogens is 4. The second-order valence-corrected chi connectivity index (χ2v) is 8.15. The SMILES string of the molecule is Cn1ccc(-c2cc(C(=O)Nc3c4cc(CO)ncc4nn3-c3ccccc3)c(F)cc2C(F)(F)F)n1. The number of rotatable bonds is 5. The number of amides is 1. The van der Waals surface area contributed by atoms with Gasteiger partial charge < -0.3 is 10.4 Å². The molecule has 37 heavy (non-hydrogen) atoms. The molecule has 5 rings (SSSR count). The second kappa shape index (κ2) is 9.13. The molecule has 0 saturated heterocycles. The number of anilines is 1. The van der Waals surface area contributed by atoms with E-state index in [1.807, 2.05) is 0 Å². The Hall–Kier alpha value is -4.58. The molecule has 0 radical (unpaired) electrons. The zero-order chi connectivity index (χ0) is 26.3. The van der Waals surface area contributed by atoms with Crippen LogP contribution < -0.4 is 5.32 Å². The fourth-order valence-electron chi connectivity index (χ4n) is 3.92. The van der Waals surface area contributed by atoms with Crippen LogP contribution >= 0.6 is 0 Å². The van der Waals surface area contributed by atoms with Crippen LogP contribution in [0.25, 0.3) is 27.8 Å². The van der Waals surface area contributed by atoms with E-state index in [9.17, 15) is 27.5 Å².